The second-order valence-electron chi connectivity index (χ2n) is 6.54. The highest BCUT2D eigenvalue weighted by Crippen LogP contribution is 2.28. The average molecular weight is 298 g/mol. The summed E-state index contributed by atoms with van der Waals surface area (Å²) in [6.45, 7) is 2.80. The molecule has 2 fully saturated rings. The lowest BCUT2D eigenvalue weighted by Gasteiger charge is -2.32. The summed E-state index contributed by atoms with van der Waals surface area (Å²) in [6, 6.07) is 8.37. The van der Waals surface area contributed by atoms with Gasteiger partial charge >= 0.3 is 0 Å². The lowest BCUT2D eigenvalue weighted by Crippen LogP contribution is -2.45. The summed E-state index contributed by atoms with van der Waals surface area (Å²) in [5, 5.41) is 11.7. The Bertz CT molecular complexity index is 668. The number of carbonyl (C=O) groups excluding carboxylic acids is 1. The van der Waals surface area contributed by atoms with Gasteiger partial charge < -0.3 is 10.2 Å². The zero-order valence-corrected chi connectivity index (χ0v) is 12.7. The molecule has 5 nitrogen and oxygen atoms in total. The van der Waals surface area contributed by atoms with E-state index in [0.717, 1.165) is 49.3 Å². The second kappa shape index (κ2) is 5.72. The molecule has 0 radical (unpaired) electrons. The van der Waals surface area contributed by atoms with E-state index in [2.05, 4.69) is 15.5 Å². The molecule has 1 amide bonds. The largest absolute Gasteiger partial charge is 0.337 e. The minimum Gasteiger partial charge on any atom is -0.337 e. The SMILES string of the molecule is O=C(c1n[nH]c2ccccc12)N1CCC(NCC2CC2)CC1. The highest BCUT2D eigenvalue weighted by molar-refractivity contribution is 6.04. The number of amides is 1. The first-order valence-corrected chi connectivity index (χ1v) is 8.27. The molecule has 1 aliphatic carbocycles. The van der Waals surface area contributed by atoms with Crippen LogP contribution in [0.25, 0.3) is 10.9 Å². The molecular formula is C17H22N4O. The Kier molecular flexibility index (Phi) is 3.58. The van der Waals surface area contributed by atoms with E-state index in [1.54, 1.807) is 0 Å². The third kappa shape index (κ3) is 2.73. The first-order chi connectivity index (χ1) is 10.8. The van der Waals surface area contributed by atoms with E-state index in [4.69, 9.17) is 0 Å². The van der Waals surface area contributed by atoms with Gasteiger partial charge in [-0.3, -0.25) is 9.89 Å². The van der Waals surface area contributed by atoms with Crippen LogP contribution in [0.3, 0.4) is 0 Å². The fourth-order valence-corrected chi connectivity index (χ4v) is 3.22. The zero-order valence-electron chi connectivity index (χ0n) is 12.7. The number of hydrogen-bond donors (Lipinski definition) is 2. The molecule has 1 aliphatic heterocycles. The van der Waals surface area contributed by atoms with Gasteiger partial charge in [-0.15, -0.1) is 0 Å². The van der Waals surface area contributed by atoms with Crippen molar-refractivity contribution in [2.24, 2.45) is 5.92 Å². The van der Waals surface area contributed by atoms with Crippen LogP contribution in [0.1, 0.15) is 36.2 Å². The number of piperidine rings is 1. The maximum Gasteiger partial charge on any atom is 0.274 e. The van der Waals surface area contributed by atoms with E-state index in [0.29, 0.717) is 11.7 Å². The third-order valence-electron chi connectivity index (χ3n) is 4.85. The van der Waals surface area contributed by atoms with Crippen molar-refractivity contribution in [3.8, 4) is 0 Å². The molecule has 2 N–H and O–H groups in total. The molecule has 2 aliphatic rings. The number of benzene rings is 1. The maximum atomic E-state index is 12.7. The van der Waals surface area contributed by atoms with E-state index in [-0.39, 0.29) is 5.91 Å². The highest BCUT2D eigenvalue weighted by atomic mass is 16.2. The third-order valence-corrected chi connectivity index (χ3v) is 4.85. The van der Waals surface area contributed by atoms with Gasteiger partial charge in [0.15, 0.2) is 5.69 Å². The van der Waals surface area contributed by atoms with E-state index in [1.165, 1.54) is 12.8 Å². The van der Waals surface area contributed by atoms with E-state index in [9.17, 15) is 4.79 Å². The Morgan fingerprint density at radius 2 is 2.00 bits per heavy atom. The van der Waals surface area contributed by atoms with Crippen molar-refractivity contribution in [1.82, 2.24) is 20.4 Å². The van der Waals surface area contributed by atoms with Crippen LogP contribution >= 0.6 is 0 Å². The molecule has 2 heterocycles. The number of aromatic nitrogens is 2. The van der Waals surface area contributed by atoms with Gasteiger partial charge in [0, 0.05) is 24.5 Å². The van der Waals surface area contributed by atoms with Gasteiger partial charge in [-0.05, 0) is 44.2 Å². The molecule has 1 saturated heterocycles. The number of likely N-dealkylation sites (tertiary alicyclic amines) is 1. The Balaban J connectivity index is 1.39. The van der Waals surface area contributed by atoms with Crippen LogP contribution in [-0.4, -0.2) is 46.7 Å². The van der Waals surface area contributed by atoms with Crippen LogP contribution in [0.5, 0.6) is 0 Å². The van der Waals surface area contributed by atoms with Gasteiger partial charge in [-0.2, -0.15) is 5.10 Å². The van der Waals surface area contributed by atoms with Crippen LogP contribution in [0.15, 0.2) is 24.3 Å². The summed E-state index contributed by atoms with van der Waals surface area (Å²) in [4.78, 5) is 14.6. The Hall–Kier alpha value is -1.88. The van der Waals surface area contributed by atoms with Crippen LogP contribution in [0, 0.1) is 5.92 Å². The molecule has 0 spiro atoms. The molecule has 116 valence electrons. The van der Waals surface area contributed by atoms with Crippen molar-refractivity contribution in [1.29, 1.82) is 0 Å². The van der Waals surface area contributed by atoms with Gasteiger partial charge in [0.1, 0.15) is 0 Å². The Morgan fingerprint density at radius 3 is 2.77 bits per heavy atom. The highest BCUT2D eigenvalue weighted by Gasteiger charge is 2.27. The van der Waals surface area contributed by atoms with Crippen molar-refractivity contribution >= 4 is 16.8 Å². The van der Waals surface area contributed by atoms with Crippen LogP contribution < -0.4 is 5.32 Å². The van der Waals surface area contributed by atoms with Crippen molar-refractivity contribution in [2.45, 2.75) is 31.7 Å². The molecule has 0 bridgehead atoms. The number of H-pyrrole nitrogens is 1. The number of para-hydroxylation sites is 1. The zero-order chi connectivity index (χ0) is 14.9. The molecule has 4 rings (SSSR count). The number of nitrogens with zero attached hydrogens (tertiary/aromatic N) is 2. The number of aromatic amines is 1. The van der Waals surface area contributed by atoms with Crippen molar-refractivity contribution in [3.63, 3.8) is 0 Å². The Morgan fingerprint density at radius 1 is 1.23 bits per heavy atom. The summed E-state index contributed by atoms with van der Waals surface area (Å²) in [5.74, 6) is 0.966. The van der Waals surface area contributed by atoms with Crippen LogP contribution in [-0.2, 0) is 0 Å². The quantitative estimate of drug-likeness (QED) is 0.909. The van der Waals surface area contributed by atoms with Crippen LogP contribution in [0.4, 0.5) is 0 Å². The topological polar surface area (TPSA) is 61.0 Å². The number of rotatable bonds is 4. The smallest absolute Gasteiger partial charge is 0.274 e. The summed E-state index contributed by atoms with van der Waals surface area (Å²) >= 11 is 0. The Labute approximate surface area is 130 Å². The molecule has 0 atom stereocenters. The molecule has 1 saturated carbocycles. The summed E-state index contributed by atoms with van der Waals surface area (Å²) in [6.07, 6.45) is 4.86. The van der Waals surface area contributed by atoms with E-state index in [1.807, 2.05) is 29.2 Å². The fourth-order valence-electron chi connectivity index (χ4n) is 3.22. The fraction of sp³-hybridized carbons (Fsp3) is 0.529. The average Bonchev–Trinajstić information content (AvgIpc) is 3.30. The summed E-state index contributed by atoms with van der Waals surface area (Å²) < 4.78 is 0. The van der Waals surface area contributed by atoms with Crippen molar-refractivity contribution in [3.05, 3.63) is 30.0 Å². The van der Waals surface area contributed by atoms with Crippen molar-refractivity contribution in [2.75, 3.05) is 19.6 Å². The predicted molar refractivity (Wildman–Crippen MR) is 85.7 cm³/mol. The van der Waals surface area contributed by atoms with Crippen molar-refractivity contribution < 1.29 is 4.79 Å². The van der Waals surface area contributed by atoms with Gasteiger partial charge in [0.25, 0.3) is 5.91 Å². The number of nitrogens with one attached hydrogen (secondary N) is 2. The number of carbonyl (C=O) groups is 1. The van der Waals surface area contributed by atoms with Gasteiger partial charge in [-0.25, -0.2) is 0 Å². The molecule has 1 aromatic heterocycles. The normalized spacial score (nSPS) is 19.7. The predicted octanol–water partition coefficient (Wildman–Crippen LogP) is 2.17. The second-order valence-corrected chi connectivity index (χ2v) is 6.54. The van der Waals surface area contributed by atoms with E-state index < -0.39 is 0 Å². The maximum absolute atomic E-state index is 12.7. The number of fused-ring (bicyclic) bond motifs is 1. The van der Waals surface area contributed by atoms with Gasteiger partial charge in [-0.1, -0.05) is 18.2 Å². The molecule has 2 aromatic rings. The standard InChI is InChI=1S/C17H22N4O/c22-17(16-14-3-1-2-4-15(14)19-20-16)21-9-7-13(8-10-21)18-11-12-5-6-12/h1-4,12-13,18H,5-11H2,(H,19,20). The summed E-state index contributed by atoms with van der Waals surface area (Å²) in [7, 11) is 0. The monoisotopic (exact) mass is 298 g/mol. The molecular weight excluding hydrogens is 276 g/mol. The van der Waals surface area contributed by atoms with Crippen LogP contribution in [0.2, 0.25) is 0 Å². The lowest BCUT2D eigenvalue weighted by molar-refractivity contribution is 0.0701. The minimum atomic E-state index is 0.0538. The summed E-state index contributed by atoms with van der Waals surface area (Å²) in [5.41, 5.74) is 1.48. The molecule has 1 aromatic carbocycles. The van der Waals surface area contributed by atoms with Gasteiger partial charge in [0.2, 0.25) is 0 Å². The lowest BCUT2D eigenvalue weighted by atomic mass is 10.0. The number of hydrogen-bond acceptors (Lipinski definition) is 3. The van der Waals surface area contributed by atoms with Gasteiger partial charge in [0.05, 0.1) is 5.52 Å². The first-order valence-electron chi connectivity index (χ1n) is 8.27. The molecule has 22 heavy (non-hydrogen) atoms. The molecule has 0 unspecified atom stereocenters. The minimum absolute atomic E-state index is 0.0538. The first kappa shape index (κ1) is 13.8. The molecule has 5 heteroatoms. The van der Waals surface area contributed by atoms with E-state index >= 15 is 0 Å².